The fraction of sp³-hybridized carbons (Fsp3) is 0.444. The molecule has 1 heterocycles. The largest absolute Gasteiger partial charge is 0.476 e. The van der Waals surface area contributed by atoms with Gasteiger partial charge in [0.1, 0.15) is 0 Å². The van der Waals surface area contributed by atoms with Gasteiger partial charge in [-0.05, 0) is 12.3 Å². The first-order chi connectivity index (χ1) is 6.59. The van der Waals surface area contributed by atoms with Gasteiger partial charge in [-0.25, -0.2) is 9.78 Å². The highest BCUT2D eigenvalue weighted by Gasteiger charge is 2.40. The molecule has 2 rings (SSSR count). The molecule has 1 N–H and O–H groups in total. The van der Waals surface area contributed by atoms with E-state index < -0.39 is 5.97 Å². The van der Waals surface area contributed by atoms with Crippen LogP contribution in [0.1, 0.15) is 33.6 Å². The van der Waals surface area contributed by atoms with Crippen molar-refractivity contribution in [1.82, 2.24) is 4.98 Å². The predicted molar refractivity (Wildman–Crippen MR) is 50.7 cm³/mol. The fourth-order valence-corrected chi connectivity index (χ4v) is 2.13. The highest BCUT2D eigenvalue weighted by Crippen LogP contribution is 2.40. The molecule has 1 aromatic heterocycles. The molecule has 2 atom stereocenters. The lowest BCUT2D eigenvalue weighted by Crippen LogP contribution is -2.04. The van der Waals surface area contributed by atoms with Gasteiger partial charge in [0.05, 0.1) is 0 Å². The van der Waals surface area contributed by atoms with Crippen molar-refractivity contribution in [3.63, 3.8) is 0 Å². The predicted octanol–water partition coefficient (Wildman–Crippen LogP) is 1.68. The number of ketones is 1. The Morgan fingerprint density at radius 1 is 1.64 bits per heavy atom. The average Bonchev–Trinajstić information content (AvgIpc) is 2.69. The standard InChI is InChI=1S/C9H9NO3S/c1-4-2-5(4)7(11)8-10-6(3-14-8)9(12)13/h3-5H,2H2,1H3,(H,12,13). The number of rotatable bonds is 3. The molecule has 1 aliphatic carbocycles. The number of carbonyl (C=O) groups is 2. The van der Waals surface area contributed by atoms with Crippen LogP contribution in [-0.4, -0.2) is 21.8 Å². The molecule has 5 heteroatoms. The third kappa shape index (κ3) is 1.55. The first kappa shape index (κ1) is 9.33. The van der Waals surface area contributed by atoms with E-state index in [0.29, 0.717) is 10.9 Å². The molecule has 2 unspecified atom stereocenters. The van der Waals surface area contributed by atoms with Gasteiger partial charge in [0.25, 0.3) is 0 Å². The van der Waals surface area contributed by atoms with Crippen LogP contribution in [0, 0.1) is 11.8 Å². The van der Waals surface area contributed by atoms with Crippen LogP contribution in [0.5, 0.6) is 0 Å². The zero-order chi connectivity index (χ0) is 10.3. The zero-order valence-electron chi connectivity index (χ0n) is 7.56. The molecule has 0 saturated heterocycles. The van der Waals surface area contributed by atoms with E-state index in [-0.39, 0.29) is 17.4 Å². The number of aromatic nitrogens is 1. The summed E-state index contributed by atoms with van der Waals surface area (Å²) in [6.07, 6.45) is 0.904. The number of carboxylic acid groups (broad SMARTS) is 1. The monoisotopic (exact) mass is 211 g/mol. The van der Waals surface area contributed by atoms with Gasteiger partial charge < -0.3 is 5.11 Å². The molecular formula is C9H9NO3S. The summed E-state index contributed by atoms with van der Waals surface area (Å²) in [5.41, 5.74) is -0.0355. The highest BCUT2D eigenvalue weighted by atomic mass is 32.1. The van der Waals surface area contributed by atoms with Gasteiger partial charge in [0.2, 0.25) is 0 Å². The van der Waals surface area contributed by atoms with Crippen LogP contribution in [0.3, 0.4) is 0 Å². The normalized spacial score (nSPS) is 24.6. The molecule has 0 spiro atoms. The van der Waals surface area contributed by atoms with Gasteiger partial charge >= 0.3 is 5.97 Å². The number of hydrogen-bond donors (Lipinski definition) is 1. The summed E-state index contributed by atoms with van der Waals surface area (Å²) in [7, 11) is 0. The first-order valence-corrected chi connectivity index (χ1v) is 5.20. The van der Waals surface area contributed by atoms with E-state index in [1.54, 1.807) is 0 Å². The summed E-state index contributed by atoms with van der Waals surface area (Å²) in [5.74, 6) is -0.582. The molecule has 1 aromatic rings. The Morgan fingerprint density at radius 2 is 2.29 bits per heavy atom. The van der Waals surface area contributed by atoms with Crippen molar-refractivity contribution in [2.24, 2.45) is 11.8 Å². The zero-order valence-corrected chi connectivity index (χ0v) is 8.37. The van der Waals surface area contributed by atoms with Crippen LogP contribution in [0.4, 0.5) is 0 Å². The van der Waals surface area contributed by atoms with Gasteiger partial charge in [0, 0.05) is 11.3 Å². The van der Waals surface area contributed by atoms with Gasteiger partial charge in [-0.15, -0.1) is 11.3 Å². The third-order valence-corrected chi connectivity index (χ3v) is 3.24. The lowest BCUT2D eigenvalue weighted by molar-refractivity contribution is 0.0691. The summed E-state index contributed by atoms with van der Waals surface area (Å²) in [6, 6.07) is 0. The Bertz CT molecular complexity index is 399. The number of carbonyl (C=O) groups excluding carboxylic acids is 1. The van der Waals surface area contributed by atoms with Crippen LogP contribution in [0.2, 0.25) is 0 Å². The van der Waals surface area contributed by atoms with E-state index in [4.69, 9.17) is 5.11 Å². The van der Waals surface area contributed by atoms with Crippen molar-refractivity contribution in [2.45, 2.75) is 13.3 Å². The molecule has 0 amide bonds. The Hall–Kier alpha value is -1.23. The molecule has 1 aliphatic rings. The Labute approximate surface area is 84.6 Å². The molecule has 0 bridgehead atoms. The van der Waals surface area contributed by atoms with E-state index in [0.717, 1.165) is 17.8 Å². The Balaban J connectivity index is 2.17. The lowest BCUT2D eigenvalue weighted by Gasteiger charge is -1.90. The number of thiazole rings is 1. The van der Waals surface area contributed by atoms with Crippen LogP contribution in [0.25, 0.3) is 0 Å². The smallest absolute Gasteiger partial charge is 0.355 e. The van der Waals surface area contributed by atoms with Crippen molar-refractivity contribution in [1.29, 1.82) is 0 Å². The van der Waals surface area contributed by atoms with Crippen LogP contribution < -0.4 is 0 Å². The van der Waals surface area contributed by atoms with Crippen molar-refractivity contribution < 1.29 is 14.7 Å². The second-order valence-electron chi connectivity index (χ2n) is 3.53. The minimum Gasteiger partial charge on any atom is -0.476 e. The summed E-state index contributed by atoms with van der Waals surface area (Å²) in [5, 5.41) is 10.4. The SMILES string of the molecule is CC1CC1C(=O)c1nc(C(=O)O)cs1. The van der Waals surface area contributed by atoms with E-state index in [9.17, 15) is 9.59 Å². The molecule has 1 fully saturated rings. The van der Waals surface area contributed by atoms with Crippen LogP contribution >= 0.6 is 11.3 Å². The van der Waals surface area contributed by atoms with Crippen molar-refractivity contribution >= 4 is 23.1 Å². The third-order valence-electron chi connectivity index (χ3n) is 2.38. The van der Waals surface area contributed by atoms with Crippen LogP contribution in [0.15, 0.2) is 5.38 Å². The number of aromatic carboxylic acids is 1. The molecule has 0 aliphatic heterocycles. The van der Waals surface area contributed by atoms with Gasteiger partial charge in [0.15, 0.2) is 16.5 Å². The average molecular weight is 211 g/mol. The quantitative estimate of drug-likeness (QED) is 0.772. The summed E-state index contributed by atoms with van der Waals surface area (Å²) >= 11 is 1.11. The second-order valence-corrected chi connectivity index (χ2v) is 4.38. The van der Waals surface area contributed by atoms with E-state index >= 15 is 0 Å². The maximum Gasteiger partial charge on any atom is 0.355 e. The number of Topliss-reactive ketones (excluding diaryl/α,β-unsaturated/α-hetero) is 1. The molecule has 14 heavy (non-hydrogen) atoms. The van der Waals surface area contributed by atoms with Crippen molar-refractivity contribution in [3.8, 4) is 0 Å². The van der Waals surface area contributed by atoms with E-state index in [1.165, 1.54) is 5.38 Å². The first-order valence-electron chi connectivity index (χ1n) is 4.32. The minimum atomic E-state index is -1.08. The van der Waals surface area contributed by atoms with E-state index in [2.05, 4.69) is 4.98 Å². The van der Waals surface area contributed by atoms with Gasteiger partial charge in [-0.3, -0.25) is 4.79 Å². The Morgan fingerprint density at radius 3 is 2.71 bits per heavy atom. The van der Waals surface area contributed by atoms with Gasteiger partial charge in [-0.2, -0.15) is 0 Å². The maximum absolute atomic E-state index is 11.6. The molecule has 1 saturated carbocycles. The maximum atomic E-state index is 11.6. The second kappa shape index (κ2) is 3.16. The van der Waals surface area contributed by atoms with Crippen LogP contribution in [-0.2, 0) is 0 Å². The molecule has 0 aromatic carbocycles. The molecule has 4 nitrogen and oxygen atoms in total. The topological polar surface area (TPSA) is 67.3 Å². The fourth-order valence-electron chi connectivity index (χ4n) is 1.33. The highest BCUT2D eigenvalue weighted by molar-refractivity contribution is 7.12. The molecule has 74 valence electrons. The molecule has 0 radical (unpaired) electrons. The summed E-state index contributed by atoms with van der Waals surface area (Å²) in [4.78, 5) is 25.9. The number of carboxylic acids is 1. The molecular weight excluding hydrogens is 202 g/mol. The van der Waals surface area contributed by atoms with E-state index in [1.807, 2.05) is 6.92 Å². The number of hydrogen-bond acceptors (Lipinski definition) is 4. The lowest BCUT2D eigenvalue weighted by atomic mass is 10.2. The van der Waals surface area contributed by atoms with Crippen molar-refractivity contribution in [2.75, 3.05) is 0 Å². The summed E-state index contributed by atoms with van der Waals surface area (Å²) < 4.78 is 0. The van der Waals surface area contributed by atoms with Gasteiger partial charge in [-0.1, -0.05) is 6.92 Å². The summed E-state index contributed by atoms with van der Waals surface area (Å²) in [6.45, 7) is 2.01. The van der Waals surface area contributed by atoms with Crippen molar-refractivity contribution in [3.05, 3.63) is 16.1 Å². The number of nitrogens with zero attached hydrogens (tertiary/aromatic N) is 1. The Kier molecular flexibility index (Phi) is 2.11. The minimum absolute atomic E-state index is 0.00463.